The fourth-order valence-electron chi connectivity index (χ4n) is 4.53. The standard InChI is InChI=1S/C28H20ClN3O/c1-17-15-22-24(16-18(17)2)32-25(19-7-4-3-5-8-19)26(27(33)20-10-12-21(29)13-11-20)31-14-6-9-23(31)28(32)30-22/h3-16H,1-2H3. The van der Waals surface area contributed by atoms with E-state index < -0.39 is 0 Å². The summed E-state index contributed by atoms with van der Waals surface area (Å²) in [6, 6.07) is 25.3. The molecule has 0 spiro atoms. The molecule has 3 heterocycles. The van der Waals surface area contributed by atoms with Gasteiger partial charge in [0.2, 0.25) is 5.78 Å². The number of hydrogen-bond donors (Lipinski definition) is 0. The van der Waals surface area contributed by atoms with E-state index in [1.54, 1.807) is 24.3 Å². The summed E-state index contributed by atoms with van der Waals surface area (Å²) in [5, 5.41) is 0.600. The van der Waals surface area contributed by atoms with E-state index in [2.05, 4.69) is 30.4 Å². The number of imidazole rings is 1. The number of carbonyl (C=O) groups excluding carboxylic acids is 1. The summed E-state index contributed by atoms with van der Waals surface area (Å²) in [7, 11) is 0. The highest BCUT2D eigenvalue weighted by Crippen LogP contribution is 2.34. The summed E-state index contributed by atoms with van der Waals surface area (Å²) >= 11 is 6.09. The molecule has 0 saturated heterocycles. The number of fused-ring (bicyclic) bond motifs is 5. The van der Waals surface area contributed by atoms with E-state index >= 15 is 0 Å². The lowest BCUT2D eigenvalue weighted by molar-refractivity contribution is 0.103. The third-order valence-corrected chi connectivity index (χ3v) is 6.56. The minimum atomic E-state index is -0.0701. The van der Waals surface area contributed by atoms with E-state index in [0.29, 0.717) is 16.3 Å². The Bertz CT molecular complexity index is 1690. The van der Waals surface area contributed by atoms with Gasteiger partial charge in [-0.05, 0) is 73.5 Å². The van der Waals surface area contributed by atoms with Crippen LogP contribution in [0.25, 0.3) is 33.5 Å². The Morgan fingerprint density at radius 2 is 1.58 bits per heavy atom. The lowest BCUT2D eigenvalue weighted by atomic mass is 10.0. The highest BCUT2D eigenvalue weighted by Gasteiger charge is 2.25. The van der Waals surface area contributed by atoms with Gasteiger partial charge < -0.3 is 4.40 Å². The van der Waals surface area contributed by atoms with Crippen LogP contribution in [0.4, 0.5) is 0 Å². The predicted molar refractivity (Wildman–Crippen MR) is 133 cm³/mol. The van der Waals surface area contributed by atoms with Gasteiger partial charge in [-0.3, -0.25) is 9.20 Å². The minimum absolute atomic E-state index is 0.0701. The van der Waals surface area contributed by atoms with Crippen molar-refractivity contribution in [2.75, 3.05) is 0 Å². The van der Waals surface area contributed by atoms with E-state index in [-0.39, 0.29) is 5.78 Å². The molecular weight excluding hydrogens is 430 g/mol. The van der Waals surface area contributed by atoms with Crippen molar-refractivity contribution in [1.82, 2.24) is 13.8 Å². The Hall–Kier alpha value is -3.89. The summed E-state index contributed by atoms with van der Waals surface area (Å²) < 4.78 is 4.09. The maximum absolute atomic E-state index is 14.0. The normalized spacial score (nSPS) is 11.6. The Balaban J connectivity index is 1.83. The first-order valence-electron chi connectivity index (χ1n) is 10.8. The molecule has 160 valence electrons. The molecule has 5 heteroatoms. The molecule has 0 fully saturated rings. The fourth-order valence-corrected chi connectivity index (χ4v) is 4.65. The molecule has 0 aliphatic rings. The molecule has 3 aromatic carbocycles. The Morgan fingerprint density at radius 3 is 2.33 bits per heavy atom. The van der Waals surface area contributed by atoms with Gasteiger partial charge in [-0.1, -0.05) is 41.9 Å². The maximum Gasteiger partial charge on any atom is 0.211 e. The average Bonchev–Trinajstić information content (AvgIpc) is 3.44. The number of benzene rings is 3. The summed E-state index contributed by atoms with van der Waals surface area (Å²) in [6.45, 7) is 4.20. The van der Waals surface area contributed by atoms with Crippen LogP contribution in [0.3, 0.4) is 0 Å². The van der Waals surface area contributed by atoms with Crippen LogP contribution in [0.1, 0.15) is 27.2 Å². The van der Waals surface area contributed by atoms with E-state index in [0.717, 1.165) is 33.5 Å². The molecule has 6 aromatic rings. The topological polar surface area (TPSA) is 38.8 Å². The number of carbonyl (C=O) groups is 1. The van der Waals surface area contributed by atoms with Crippen molar-refractivity contribution in [3.05, 3.63) is 112 Å². The van der Waals surface area contributed by atoms with E-state index in [1.165, 1.54) is 11.1 Å². The van der Waals surface area contributed by atoms with Gasteiger partial charge in [0, 0.05) is 22.3 Å². The van der Waals surface area contributed by atoms with Crippen LogP contribution in [0, 0.1) is 13.8 Å². The zero-order chi connectivity index (χ0) is 22.7. The SMILES string of the molecule is Cc1cc2nc3c4cccn4c(C(=O)c4ccc(Cl)cc4)c(-c4ccccc4)n3c2cc1C. The summed E-state index contributed by atoms with van der Waals surface area (Å²) in [4.78, 5) is 19.0. The van der Waals surface area contributed by atoms with Crippen LogP contribution in [0.5, 0.6) is 0 Å². The van der Waals surface area contributed by atoms with Gasteiger partial charge >= 0.3 is 0 Å². The number of nitrogens with zero attached hydrogens (tertiary/aromatic N) is 3. The molecule has 33 heavy (non-hydrogen) atoms. The third-order valence-electron chi connectivity index (χ3n) is 6.31. The largest absolute Gasteiger partial charge is 0.308 e. The van der Waals surface area contributed by atoms with Gasteiger partial charge in [0.25, 0.3) is 0 Å². The number of halogens is 1. The highest BCUT2D eigenvalue weighted by molar-refractivity contribution is 6.30. The quantitative estimate of drug-likeness (QED) is 0.275. The molecule has 0 atom stereocenters. The van der Waals surface area contributed by atoms with E-state index in [9.17, 15) is 4.79 Å². The van der Waals surface area contributed by atoms with Gasteiger partial charge in [-0.15, -0.1) is 0 Å². The summed E-state index contributed by atoms with van der Waals surface area (Å²) in [5.41, 5.74) is 8.93. The Kier molecular flexibility index (Phi) is 4.39. The summed E-state index contributed by atoms with van der Waals surface area (Å²) in [5.74, 6) is -0.0701. The second-order valence-corrected chi connectivity index (χ2v) is 8.80. The molecule has 0 bridgehead atoms. The molecule has 0 saturated carbocycles. The van der Waals surface area contributed by atoms with Crippen molar-refractivity contribution >= 4 is 39.6 Å². The highest BCUT2D eigenvalue weighted by atomic mass is 35.5. The van der Waals surface area contributed by atoms with Gasteiger partial charge in [0.05, 0.1) is 22.2 Å². The summed E-state index contributed by atoms with van der Waals surface area (Å²) in [6.07, 6.45) is 1.93. The molecule has 0 unspecified atom stereocenters. The van der Waals surface area contributed by atoms with Crippen LogP contribution in [0.15, 0.2) is 85.1 Å². The second-order valence-electron chi connectivity index (χ2n) is 8.36. The number of aryl methyl sites for hydroxylation is 2. The van der Waals surface area contributed by atoms with Crippen molar-refractivity contribution in [3.8, 4) is 11.3 Å². The van der Waals surface area contributed by atoms with Crippen molar-refractivity contribution in [3.63, 3.8) is 0 Å². The second kappa shape index (κ2) is 7.32. The zero-order valence-electron chi connectivity index (χ0n) is 18.2. The van der Waals surface area contributed by atoms with Crippen molar-refractivity contribution < 1.29 is 4.79 Å². The first kappa shape index (κ1) is 19.8. The molecule has 0 aliphatic carbocycles. The van der Waals surface area contributed by atoms with Gasteiger partial charge in [0.15, 0.2) is 5.65 Å². The molecule has 6 rings (SSSR count). The van der Waals surface area contributed by atoms with Crippen molar-refractivity contribution in [2.45, 2.75) is 13.8 Å². The minimum Gasteiger partial charge on any atom is -0.308 e. The molecule has 0 amide bonds. The Labute approximate surface area is 195 Å². The molecule has 0 radical (unpaired) electrons. The van der Waals surface area contributed by atoms with Crippen LogP contribution < -0.4 is 0 Å². The smallest absolute Gasteiger partial charge is 0.211 e. The van der Waals surface area contributed by atoms with E-state index in [4.69, 9.17) is 16.6 Å². The predicted octanol–water partition coefficient (Wildman–Crippen LogP) is 6.91. The molecule has 0 N–H and O–H groups in total. The van der Waals surface area contributed by atoms with Crippen molar-refractivity contribution in [1.29, 1.82) is 0 Å². The first-order chi connectivity index (χ1) is 16.0. The lowest BCUT2D eigenvalue weighted by Crippen LogP contribution is -2.13. The monoisotopic (exact) mass is 449 g/mol. The first-order valence-corrected chi connectivity index (χ1v) is 11.2. The zero-order valence-corrected chi connectivity index (χ0v) is 19.0. The number of aromatic nitrogens is 3. The maximum atomic E-state index is 14.0. The Morgan fingerprint density at radius 1 is 0.848 bits per heavy atom. The number of rotatable bonds is 3. The number of ketones is 1. The van der Waals surface area contributed by atoms with Crippen LogP contribution >= 0.6 is 11.6 Å². The molecule has 3 aromatic heterocycles. The average molecular weight is 450 g/mol. The molecular formula is C28H20ClN3O. The van der Waals surface area contributed by atoms with E-state index in [1.807, 2.05) is 53.1 Å². The molecule has 4 nitrogen and oxygen atoms in total. The van der Waals surface area contributed by atoms with Crippen LogP contribution in [-0.4, -0.2) is 19.6 Å². The number of hydrogen-bond acceptors (Lipinski definition) is 2. The van der Waals surface area contributed by atoms with Crippen molar-refractivity contribution in [2.24, 2.45) is 0 Å². The lowest BCUT2D eigenvalue weighted by Gasteiger charge is -2.16. The fraction of sp³-hybridized carbons (Fsp3) is 0.0714. The van der Waals surface area contributed by atoms with Gasteiger partial charge in [-0.25, -0.2) is 4.98 Å². The van der Waals surface area contributed by atoms with Crippen LogP contribution in [-0.2, 0) is 0 Å². The van der Waals surface area contributed by atoms with Gasteiger partial charge in [0.1, 0.15) is 5.69 Å². The van der Waals surface area contributed by atoms with Gasteiger partial charge in [-0.2, -0.15) is 0 Å². The molecule has 0 aliphatic heterocycles. The third kappa shape index (κ3) is 2.99. The van der Waals surface area contributed by atoms with Crippen LogP contribution in [0.2, 0.25) is 5.02 Å².